The number of benzene rings is 1. The number of ether oxygens (including phenoxy) is 1. The molecule has 1 saturated heterocycles. The van der Waals surface area contributed by atoms with Crippen LogP contribution in [0, 0.1) is 0 Å². The van der Waals surface area contributed by atoms with Gasteiger partial charge in [-0.1, -0.05) is 12.1 Å². The van der Waals surface area contributed by atoms with Gasteiger partial charge in [0.1, 0.15) is 5.52 Å². The molecular formula is C20H24N4O3. The first-order valence-corrected chi connectivity index (χ1v) is 9.43. The minimum atomic E-state index is -0.163. The number of hydrogen-bond donors (Lipinski definition) is 0. The third kappa shape index (κ3) is 3.02. The third-order valence-electron chi connectivity index (χ3n) is 5.38. The van der Waals surface area contributed by atoms with Crippen molar-refractivity contribution in [3.05, 3.63) is 46.4 Å². The van der Waals surface area contributed by atoms with E-state index < -0.39 is 0 Å². The van der Waals surface area contributed by atoms with Crippen molar-refractivity contribution < 1.29 is 9.53 Å². The largest absolute Gasteiger partial charge is 0.383 e. The molecule has 7 nitrogen and oxygen atoms in total. The highest BCUT2D eigenvalue weighted by Crippen LogP contribution is 2.20. The van der Waals surface area contributed by atoms with Crippen LogP contribution in [0.4, 0.5) is 0 Å². The average molecular weight is 368 g/mol. The van der Waals surface area contributed by atoms with E-state index in [2.05, 4.69) is 12.0 Å². The summed E-state index contributed by atoms with van der Waals surface area (Å²) in [5.74, 6) is -0.0992. The SMILES string of the molecule is COCCn1c(=O)c2cc(C(=O)N3CCCCC3C)nn2c2ccccc21. The van der Waals surface area contributed by atoms with Gasteiger partial charge in [0.25, 0.3) is 11.5 Å². The fourth-order valence-corrected chi connectivity index (χ4v) is 3.89. The summed E-state index contributed by atoms with van der Waals surface area (Å²) >= 11 is 0. The van der Waals surface area contributed by atoms with Gasteiger partial charge in [-0.3, -0.25) is 9.59 Å². The Bertz CT molecular complexity index is 1050. The van der Waals surface area contributed by atoms with Gasteiger partial charge < -0.3 is 14.2 Å². The van der Waals surface area contributed by atoms with Crippen molar-refractivity contribution in [1.29, 1.82) is 0 Å². The van der Waals surface area contributed by atoms with Crippen LogP contribution < -0.4 is 5.56 Å². The molecule has 0 saturated carbocycles. The molecule has 1 aromatic carbocycles. The van der Waals surface area contributed by atoms with Crippen LogP contribution in [0.1, 0.15) is 36.7 Å². The van der Waals surface area contributed by atoms with Crippen molar-refractivity contribution in [3.63, 3.8) is 0 Å². The van der Waals surface area contributed by atoms with Crippen LogP contribution in [0.2, 0.25) is 0 Å². The standard InChI is InChI=1S/C20H24N4O3/c1-14-7-5-6-10-22(14)19(25)15-13-18-20(26)23(11-12-27-2)16-8-3-4-9-17(16)24(18)21-15/h3-4,8-9,13-14H,5-7,10-12H2,1-2H3. The number of likely N-dealkylation sites (tertiary alicyclic amines) is 1. The summed E-state index contributed by atoms with van der Waals surface area (Å²) in [6, 6.07) is 9.43. The Kier molecular flexibility index (Phi) is 4.70. The van der Waals surface area contributed by atoms with E-state index in [4.69, 9.17) is 4.74 Å². The predicted octanol–water partition coefficient (Wildman–Crippen LogP) is 2.31. The summed E-state index contributed by atoms with van der Waals surface area (Å²) in [6.45, 7) is 3.70. The zero-order chi connectivity index (χ0) is 19.0. The van der Waals surface area contributed by atoms with Gasteiger partial charge in [-0.05, 0) is 38.3 Å². The van der Waals surface area contributed by atoms with Gasteiger partial charge >= 0.3 is 0 Å². The molecule has 1 unspecified atom stereocenters. The smallest absolute Gasteiger partial charge is 0.277 e. The van der Waals surface area contributed by atoms with E-state index in [-0.39, 0.29) is 17.5 Å². The molecule has 7 heteroatoms. The first-order chi connectivity index (χ1) is 13.1. The molecule has 1 aliphatic heterocycles. The lowest BCUT2D eigenvalue weighted by molar-refractivity contribution is 0.0629. The maximum Gasteiger partial charge on any atom is 0.277 e. The molecule has 27 heavy (non-hydrogen) atoms. The van der Waals surface area contributed by atoms with E-state index in [1.807, 2.05) is 29.2 Å². The van der Waals surface area contributed by atoms with Crippen molar-refractivity contribution in [2.24, 2.45) is 0 Å². The Labute approximate surface area is 157 Å². The Morgan fingerprint density at radius 2 is 2.00 bits per heavy atom. The summed E-state index contributed by atoms with van der Waals surface area (Å²) in [4.78, 5) is 27.9. The third-order valence-corrected chi connectivity index (χ3v) is 5.38. The van der Waals surface area contributed by atoms with Crippen LogP contribution in [0.5, 0.6) is 0 Å². The molecule has 3 aromatic rings. The number of carbonyl (C=O) groups is 1. The molecule has 0 bridgehead atoms. The van der Waals surface area contributed by atoms with Crippen LogP contribution in [0.25, 0.3) is 16.6 Å². The lowest BCUT2D eigenvalue weighted by atomic mass is 10.0. The Balaban J connectivity index is 1.86. The average Bonchev–Trinajstić information content (AvgIpc) is 3.14. The van der Waals surface area contributed by atoms with Crippen molar-refractivity contribution in [2.75, 3.05) is 20.3 Å². The molecule has 1 fully saturated rings. The van der Waals surface area contributed by atoms with Gasteiger partial charge in [0.2, 0.25) is 0 Å². The van der Waals surface area contributed by atoms with Crippen LogP contribution in [-0.4, -0.2) is 51.3 Å². The van der Waals surface area contributed by atoms with Gasteiger partial charge in [0, 0.05) is 32.3 Å². The molecule has 0 radical (unpaired) electrons. The molecule has 1 amide bonds. The normalized spacial score (nSPS) is 17.7. The number of aromatic nitrogens is 3. The highest BCUT2D eigenvalue weighted by atomic mass is 16.5. The van der Waals surface area contributed by atoms with Gasteiger partial charge in [-0.15, -0.1) is 0 Å². The lowest BCUT2D eigenvalue weighted by Gasteiger charge is -2.32. The number of amides is 1. The molecule has 1 atom stereocenters. The summed E-state index contributed by atoms with van der Waals surface area (Å²) in [5, 5.41) is 4.51. The van der Waals surface area contributed by atoms with E-state index in [9.17, 15) is 9.59 Å². The minimum Gasteiger partial charge on any atom is -0.383 e. The van der Waals surface area contributed by atoms with E-state index in [0.29, 0.717) is 24.4 Å². The monoisotopic (exact) mass is 368 g/mol. The predicted molar refractivity (Wildman–Crippen MR) is 103 cm³/mol. The minimum absolute atomic E-state index is 0.0992. The molecule has 1 aliphatic rings. The number of hydrogen-bond acceptors (Lipinski definition) is 4. The number of carbonyl (C=O) groups excluding carboxylic acids is 1. The Morgan fingerprint density at radius 3 is 2.74 bits per heavy atom. The summed E-state index contributed by atoms with van der Waals surface area (Å²) in [7, 11) is 1.61. The zero-order valence-electron chi connectivity index (χ0n) is 15.7. The summed E-state index contributed by atoms with van der Waals surface area (Å²) < 4.78 is 8.44. The van der Waals surface area contributed by atoms with Crippen LogP contribution in [0.15, 0.2) is 35.1 Å². The number of methoxy groups -OCH3 is 1. The van der Waals surface area contributed by atoms with Crippen LogP contribution in [0.3, 0.4) is 0 Å². The van der Waals surface area contributed by atoms with Crippen molar-refractivity contribution in [3.8, 4) is 0 Å². The number of fused-ring (bicyclic) bond motifs is 3. The van der Waals surface area contributed by atoms with E-state index in [1.165, 1.54) is 0 Å². The molecule has 0 N–H and O–H groups in total. The second-order valence-corrected chi connectivity index (χ2v) is 7.11. The van der Waals surface area contributed by atoms with Crippen molar-refractivity contribution in [2.45, 2.75) is 38.8 Å². The maximum atomic E-state index is 13.0. The fourth-order valence-electron chi connectivity index (χ4n) is 3.89. The Hall–Kier alpha value is -2.67. The van der Waals surface area contributed by atoms with Crippen LogP contribution >= 0.6 is 0 Å². The summed E-state index contributed by atoms with van der Waals surface area (Å²) in [6.07, 6.45) is 3.16. The second-order valence-electron chi connectivity index (χ2n) is 7.11. The van der Waals surface area contributed by atoms with E-state index in [1.54, 1.807) is 22.3 Å². The summed E-state index contributed by atoms with van der Waals surface area (Å²) in [5.41, 5.74) is 2.16. The van der Waals surface area contributed by atoms with Crippen LogP contribution in [-0.2, 0) is 11.3 Å². The molecule has 0 spiro atoms. The number of nitrogens with zero attached hydrogens (tertiary/aromatic N) is 4. The fraction of sp³-hybridized carbons (Fsp3) is 0.450. The molecule has 142 valence electrons. The van der Waals surface area contributed by atoms with Gasteiger partial charge in [0.15, 0.2) is 5.69 Å². The number of piperidine rings is 1. The first kappa shape index (κ1) is 17.7. The number of para-hydroxylation sites is 2. The van der Waals surface area contributed by atoms with Gasteiger partial charge in [-0.2, -0.15) is 5.10 Å². The molecular weight excluding hydrogens is 344 g/mol. The van der Waals surface area contributed by atoms with Gasteiger partial charge in [0.05, 0.1) is 17.6 Å². The molecule has 0 aliphatic carbocycles. The van der Waals surface area contributed by atoms with Gasteiger partial charge in [-0.25, -0.2) is 4.52 Å². The quantitative estimate of drug-likeness (QED) is 0.709. The molecule has 4 rings (SSSR count). The maximum absolute atomic E-state index is 13.0. The molecule has 3 heterocycles. The molecule has 2 aromatic heterocycles. The first-order valence-electron chi connectivity index (χ1n) is 9.43. The van der Waals surface area contributed by atoms with E-state index >= 15 is 0 Å². The van der Waals surface area contributed by atoms with Crippen molar-refractivity contribution in [1.82, 2.24) is 19.1 Å². The van der Waals surface area contributed by atoms with E-state index in [0.717, 1.165) is 36.8 Å². The topological polar surface area (TPSA) is 68.8 Å². The van der Waals surface area contributed by atoms with Crippen molar-refractivity contribution >= 4 is 22.5 Å². The highest BCUT2D eigenvalue weighted by molar-refractivity contribution is 5.94. The Morgan fingerprint density at radius 1 is 1.22 bits per heavy atom. The highest BCUT2D eigenvalue weighted by Gasteiger charge is 2.27. The lowest BCUT2D eigenvalue weighted by Crippen LogP contribution is -2.42. The second kappa shape index (κ2) is 7.15. The zero-order valence-corrected chi connectivity index (χ0v) is 15.7. The number of rotatable bonds is 4.